The van der Waals surface area contributed by atoms with Crippen LogP contribution in [0.15, 0.2) is 59.5 Å². The molecular weight excluding hydrogens is 326 g/mol. The third-order valence-electron chi connectivity index (χ3n) is 3.56. The van der Waals surface area contributed by atoms with Crippen molar-refractivity contribution in [3.05, 3.63) is 66.0 Å². The first kappa shape index (κ1) is 16.7. The van der Waals surface area contributed by atoms with Gasteiger partial charge in [0.15, 0.2) is 0 Å². The Kier molecular flexibility index (Phi) is 6.40. The van der Waals surface area contributed by atoms with Crippen molar-refractivity contribution in [2.75, 3.05) is 17.5 Å². The van der Waals surface area contributed by atoms with E-state index < -0.39 is 0 Å². The van der Waals surface area contributed by atoms with Gasteiger partial charge in [-0.3, -0.25) is 0 Å². The predicted molar refractivity (Wildman–Crippen MR) is 91.3 cm³/mol. The lowest BCUT2D eigenvalue weighted by atomic mass is 9.82. The van der Waals surface area contributed by atoms with Crippen LogP contribution in [0.4, 0.5) is 4.39 Å². The largest absolute Gasteiger partial charge is 0.207 e. The van der Waals surface area contributed by atoms with Gasteiger partial charge < -0.3 is 0 Å². The Bertz CT molecular complexity index is 538. The number of hydrogen-bond donors (Lipinski definition) is 0. The van der Waals surface area contributed by atoms with Crippen molar-refractivity contribution in [2.24, 2.45) is 0 Å². The SMILES string of the molecule is Fc1ccc(C(CCl)(CCl)CCSc2ccccc2)cc1. The minimum atomic E-state index is -0.307. The lowest BCUT2D eigenvalue weighted by molar-refractivity contribution is 0.522. The number of halogens is 3. The quantitative estimate of drug-likeness (QED) is 0.457. The Hall–Kier alpha value is -0.700. The molecule has 0 bridgehead atoms. The van der Waals surface area contributed by atoms with Gasteiger partial charge in [0.25, 0.3) is 0 Å². The molecule has 2 aromatic rings. The summed E-state index contributed by atoms with van der Waals surface area (Å²) in [6.45, 7) is 0. The Morgan fingerprint density at radius 3 is 2.10 bits per heavy atom. The van der Waals surface area contributed by atoms with Gasteiger partial charge in [-0.1, -0.05) is 30.3 Å². The van der Waals surface area contributed by atoms with E-state index in [-0.39, 0.29) is 11.2 Å². The molecule has 0 aromatic heterocycles. The highest BCUT2D eigenvalue weighted by atomic mass is 35.5. The standard InChI is InChI=1S/C17H17Cl2FS/c18-12-17(13-19,14-6-8-15(20)9-7-14)10-11-21-16-4-2-1-3-5-16/h1-9H,10-13H2. The molecule has 21 heavy (non-hydrogen) atoms. The van der Waals surface area contributed by atoms with Crippen molar-refractivity contribution in [3.8, 4) is 0 Å². The maximum atomic E-state index is 13.1. The number of rotatable bonds is 7. The zero-order valence-electron chi connectivity index (χ0n) is 11.6. The van der Waals surface area contributed by atoms with Gasteiger partial charge in [0.05, 0.1) is 0 Å². The minimum Gasteiger partial charge on any atom is -0.207 e. The Morgan fingerprint density at radius 2 is 1.52 bits per heavy atom. The molecule has 0 spiro atoms. The van der Waals surface area contributed by atoms with Gasteiger partial charge in [-0.2, -0.15) is 0 Å². The van der Waals surface area contributed by atoms with Crippen molar-refractivity contribution in [2.45, 2.75) is 16.7 Å². The fourth-order valence-electron chi connectivity index (χ4n) is 2.15. The average Bonchev–Trinajstić information content (AvgIpc) is 2.54. The summed E-state index contributed by atoms with van der Waals surface area (Å²) in [6, 6.07) is 16.7. The molecule has 0 unspecified atom stereocenters. The molecule has 0 N–H and O–H groups in total. The van der Waals surface area contributed by atoms with E-state index in [1.54, 1.807) is 23.9 Å². The minimum absolute atomic E-state index is 0.240. The molecule has 0 saturated carbocycles. The summed E-state index contributed by atoms with van der Waals surface area (Å²) in [4.78, 5) is 1.23. The highest BCUT2D eigenvalue weighted by molar-refractivity contribution is 7.99. The molecule has 0 fully saturated rings. The van der Waals surface area contributed by atoms with Crippen LogP contribution in [0, 0.1) is 5.82 Å². The molecular formula is C17H17Cl2FS. The smallest absolute Gasteiger partial charge is 0.123 e. The summed E-state index contributed by atoms with van der Waals surface area (Å²) in [6.07, 6.45) is 0.852. The Balaban J connectivity index is 2.06. The van der Waals surface area contributed by atoms with Crippen LogP contribution >= 0.6 is 35.0 Å². The van der Waals surface area contributed by atoms with Crippen LogP contribution in [-0.2, 0) is 5.41 Å². The van der Waals surface area contributed by atoms with Crippen molar-refractivity contribution in [3.63, 3.8) is 0 Å². The van der Waals surface area contributed by atoms with Crippen molar-refractivity contribution in [1.82, 2.24) is 0 Å². The van der Waals surface area contributed by atoms with Crippen LogP contribution in [0.25, 0.3) is 0 Å². The van der Waals surface area contributed by atoms with E-state index in [0.29, 0.717) is 11.8 Å². The van der Waals surface area contributed by atoms with Crippen molar-refractivity contribution >= 4 is 35.0 Å². The van der Waals surface area contributed by atoms with Crippen LogP contribution in [0.1, 0.15) is 12.0 Å². The third kappa shape index (κ3) is 4.38. The number of alkyl halides is 2. The number of benzene rings is 2. The maximum Gasteiger partial charge on any atom is 0.123 e. The summed E-state index contributed by atoms with van der Waals surface area (Å²) >= 11 is 14.2. The first-order valence-corrected chi connectivity index (χ1v) is 8.81. The van der Waals surface area contributed by atoms with Crippen molar-refractivity contribution < 1.29 is 4.39 Å². The van der Waals surface area contributed by atoms with Gasteiger partial charge in [0.2, 0.25) is 0 Å². The molecule has 0 amide bonds. The first-order valence-electron chi connectivity index (χ1n) is 6.76. The molecule has 0 aliphatic rings. The molecule has 112 valence electrons. The molecule has 0 nitrogen and oxygen atoms in total. The van der Waals surface area contributed by atoms with Crippen LogP contribution < -0.4 is 0 Å². The molecule has 2 aromatic carbocycles. The number of hydrogen-bond acceptors (Lipinski definition) is 1. The molecule has 0 atom stereocenters. The van der Waals surface area contributed by atoms with E-state index in [2.05, 4.69) is 12.1 Å². The second-order valence-corrected chi connectivity index (χ2v) is 6.67. The summed E-state index contributed by atoms with van der Waals surface area (Å²) in [7, 11) is 0. The lowest BCUT2D eigenvalue weighted by Gasteiger charge is -2.30. The van der Waals surface area contributed by atoms with Gasteiger partial charge >= 0.3 is 0 Å². The van der Waals surface area contributed by atoms with Crippen LogP contribution in [0.3, 0.4) is 0 Å². The van der Waals surface area contributed by atoms with Crippen LogP contribution in [0.2, 0.25) is 0 Å². The summed E-state index contributed by atoms with van der Waals surface area (Å²) in [5.41, 5.74) is 0.695. The normalized spacial score (nSPS) is 11.6. The van der Waals surface area contributed by atoms with Gasteiger partial charge in [-0.25, -0.2) is 4.39 Å². The van der Waals surface area contributed by atoms with Crippen LogP contribution in [0.5, 0.6) is 0 Å². The highest BCUT2D eigenvalue weighted by Gasteiger charge is 2.30. The third-order valence-corrected chi connectivity index (χ3v) is 5.60. The fraction of sp³-hybridized carbons (Fsp3) is 0.294. The van der Waals surface area contributed by atoms with Gasteiger partial charge in [0, 0.05) is 22.1 Å². The molecule has 0 aliphatic carbocycles. The zero-order chi connectivity index (χ0) is 15.1. The topological polar surface area (TPSA) is 0 Å². The zero-order valence-corrected chi connectivity index (χ0v) is 13.9. The number of thioether (sulfide) groups is 1. The van der Waals surface area contributed by atoms with Crippen LogP contribution in [-0.4, -0.2) is 17.5 Å². The van der Waals surface area contributed by atoms with Gasteiger partial charge in [0.1, 0.15) is 5.82 Å². The molecule has 0 heterocycles. The monoisotopic (exact) mass is 342 g/mol. The molecule has 2 rings (SSSR count). The molecule has 0 radical (unpaired) electrons. The van der Waals surface area contributed by atoms with E-state index in [1.807, 2.05) is 18.2 Å². The van der Waals surface area contributed by atoms with E-state index in [0.717, 1.165) is 17.7 Å². The lowest BCUT2D eigenvalue weighted by Crippen LogP contribution is -2.31. The van der Waals surface area contributed by atoms with E-state index >= 15 is 0 Å². The predicted octanol–water partition coefficient (Wildman–Crippen LogP) is 5.72. The second-order valence-electron chi connectivity index (χ2n) is 4.97. The maximum absolute atomic E-state index is 13.1. The molecule has 0 saturated heterocycles. The average molecular weight is 343 g/mol. The van der Waals surface area contributed by atoms with E-state index in [9.17, 15) is 4.39 Å². The summed E-state index contributed by atoms with van der Waals surface area (Å²) in [5.74, 6) is 1.53. The Morgan fingerprint density at radius 1 is 0.905 bits per heavy atom. The molecule has 0 aliphatic heterocycles. The van der Waals surface area contributed by atoms with E-state index in [4.69, 9.17) is 23.2 Å². The highest BCUT2D eigenvalue weighted by Crippen LogP contribution is 2.34. The van der Waals surface area contributed by atoms with Crippen molar-refractivity contribution in [1.29, 1.82) is 0 Å². The first-order chi connectivity index (χ1) is 10.2. The second kappa shape index (κ2) is 8.07. The Labute approximate surface area is 139 Å². The molecule has 4 heteroatoms. The van der Waals surface area contributed by atoms with E-state index in [1.165, 1.54) is 17.0 Å². The van der Waals surface area contributed by atoms with Gasteiger partial charge in [-0.05, 0) is 42.0 Å². The summed E-state index contributed by atoms with van der Waals surface area (Å²) in [5, 5.41) is 0. The summed E-state index contributed by atoms with van der Waals surface area (Å²) < 4.78 is 13.1. The van der Waals surface area contributed by atoms with Gasteiger partial charge in [-0.15, -0.1) is 35.0 Å². The fourth-order valence-corrected chi connectivity index (χ4v) is 4.09.